The Bertz CT molecular complexity index is 1490. The first-order chi connectivity index (χ1) is 16.6. The van der Waals surface area contributed by atoms with E-state index in [1.807, 2.05) is 37.3 Å². The smallest absolute Gasteiger partial charge is 0.247 e. The zero-order valence-corrected chi connectivity index (χ0v) is 18.6. The number of ether oxygens (including phenoxy) is 1. The van der Waals surface area contributed by atoms with Gasteiger partial charge in [-0.05, 0) is 31.2 Å². The molecule has 0 saturated carbocycles. The predicted molar refractivity (Wildman–Crippen MR) is 126 cm³/mol. The predicted octanol–water partition coefficient (Wildman–Crippen LogP) is 3.69. The molecule has 2 N–H and O–H groups in total. The van der Waals surface area contributed by atoms with E-state index in [9.17, 15) is 4.39 Å². The van der Waals surface area contributed by atoms with Crippen LogP contribution in [0.2, 0.25) is 0 Å². The Morgan fingerprint density at radius 3 is 2.85 bits per heavy atom. The molecular weight excluding hydrogens is 435 g/mol. The van der Waals surface area contributed by atoms with Crippen LogP contribution < -0.4 is 5.32 Å². The van der Waals surface area contributed by atoms with E-state index in [0.29, 0.717) is 48.2 Å². The number of nitrogens with one attached hydrogen (secondary N) is 2. The van der Waals surface area contributed by atoms with E-state index in [2.05, 4.69) is 35.3 Å². The van der Waals surface area contributed by atoms with E-state index in [1.165, 1.54) is 6.07 Å². The molecule has 9 nitrogen and oxygen atoms in total. The zero-order valence-electron chi connectivity index (χ0n) is 18.6. The van der Waals surface area contributed by atoms with Crippen molar-refractivity contribution in [2.24, 2.45) is 0 Å². The summed E-state index contributed by atoms with van der Waals surface area (Å²) >= 11 is 0. The minimum atomic E-state index is -0.256. The SMILES string of the molecule is Cc1nc2cc(Nc3nc4c(-c5ccc(CN6CCOCC6)c(F)c5)nccn4n3)ccc2[nH]1. The van der Waals surface area contributed by atoms with E-state index < -0.39 is 0 Å². The molecule has 0 amide bonds. The average molecular weight is 459 g/mol. The van der Waals surface area contributed by atoms with E-state index >= 15 is 0 Å². The van der Waals surface area contributed by atoms with Crippen molar-refractivity contribution in [2.75, 3.05) is 31.6 Å². The Labute approximate surface area is 194 Å². The standard InChI is InChI=1S/C24H23FN8O/c1-15-27-20-5-4-18(13-21(20)28-15)29-24-30-23-22(26-6-7-33(23)31-24)16-2-3-17(19(25)12-16)14-32-8-10-34-11-9-32/h2-7,12-13H,8-11,14H2,1H3,(H,27,28)(H,29,31). The van der Waals surface area contributed by atoms with Crippen LogP contribution >= 0.6 is 0 Å². The second-order valence-corrected chi connectivity index (χ2v) is 8.35. The van der Waals surface area contributed by atoms with E-state index in [4.69, 9.17) is 4.74 Å². The molecule has 0 atom stereocenters. The number of aromatic nitrogens is 6. The quantitative estimate of drug-likeness (QED) is 0.415. The normalized spacial score (nSPS) is 14.8. The summed E-state index contributed by atoms with van der Waals surface area (Å²) in [5, 5.41) is 7.74. The molecule has 1 aliphatic rings. The first-order valence-electron chi connectivity index (χ1n) is 11.2. The van der Waals surface area contributed by atoms with Gasteiger partial charge in [0, 0.05) is 48.8 Å². The summed E-state index contributed by atoms with van der Waals surface area (Å²) in [7, 11) is 0. The second-order valence-electron chi connectivity index (χ2n) is 8.35. The molecule has 0 radical (unpaired) electrons. The maximum absolute atomic E-state index is 15.0. The molecule has 1 fully saturated rings. The third-order valence-electron chi connectivity index (χ3n) is 5.94. The number of benzene rings is 2. The van der Waals surface area contributed by atoms with Crippen LogP contribution in [-0.4, -0.2) is 60.8 Å². The molecule has 10 heteroatoms. The van der Waals surface area contributed by atoms with Gasteiger partial charge in [0.1, 0.15) is 17.3 Å². The molecular formula is C24H23FN8O. The number of rotatable bonds is 5. The Kier molecular flexibility index (Phi) is 5.16. The molecule has 1 aliphatic heterocycles. The largest absolute Gasteiger partial charge is 0.379 e. The van der Waals surface area contributed by atoms with Gasteiger partial charge >= 0.3 is 0 Å². The van der Waals surface area contributed by atoms with E-state index in [0.717, 1.165) is 35.6 Å². The first-order valence-corrected chi connectivity index (χ1v) is 11.2. The highest BCUT2D eigenvalue weighted by molar-refractivity contribution is 5.80. The van der Waals surface area contributed by atoms with Crippen molar-refractivity contribution in [3.05, 3.63) is 66.0 Å². The summed E-state index contributed by atoms with van der Waals surface area (Å²) in [5.41, 5.74) is 5.08. The summed E-state index contributed by atoms with van der Waals surface area (Å²) in [5.74, 6) is 1.02. The summed E-state index contributed by atoms with van der Waals surface area (Å²) in [6.07, 6.45) is 3.36. The second kappa shape index (κ2) is 8.47. The van der Waals surface area contributed by atoms with Gasteiger partial charge in [0.25, 0.3) is 0 Å². The number of morpholine rings is 1. The van der Waals surface area contributed by atoms with Crippen LogP contribution in [0.4, 0.5) is 16.0 Å². The van der Waals surface area contributed by atoms with Crippen LogP contribution in [0.1, 0.15) is 11.4 Å². The number of aromatic amines is 1. The van der Waals surface area contributed by atoms with Gasteiger partial charge in [0.2, 0.25) is 5.95 Å². The summed E-state index contributed by atoms with van der Waals surface area (Å²) < 4.78 is 22.0. The van der Waals surface area contributed by atoms with Gasteiger partial charge in [0.05, 0.1) is 24.2 Å². The van der Waals surface area contributed by atoms with Crippen molar-refractivity contribution in [3.8, 4) is 11.3 Å². The Morgan fingerprint density at radius 1 is 1.12 bits per heavy atom. The lowest BCUT2D eigenvalue weighted by Crippen LogP contribution is -2.35. The Morgan fingerprint density at radius 2 is 2.00 bits per heavy atom. The highest BCUT2D eigenvalue weighted by Crippen LogP contribution is 2.26. The van der Waals surface area contributed by atoms with Crippen LogP contribution in [0.5, 0.6) is 0 Å². The minimum absolute atomic E-state index is 0.256. The fourth-order valence-corrected chi connectivity index (χ4v) is 4.24. The van der Waals surface area contributed by atoms with Crippen molar-refractivity contribution in [2.45, 2.75) is 13.5 Å². The molecule has 4 heterocycles. The Hall–Kier alpha value is -3.89. The molecule has 3 aromatic heterocycles. The van der Waals surface area contributed by atoms with Gasteiger partial charge in [-0.15, -0.1) is 5.10 Å². The highest BCUT2D eigenvalue weighted by Gasteiger charge is 2.16. The Balaban J connectivity index is 1.28. The summed E-state index contributed by atoms with van der Waals surface area (Å²) in [4.78, 5) is 19.0. The first kappa shape index (κ1) is 20.7. The lowest BCUT2D eigenvalue weighted by Gasteiger charge is -2.26. The number of halogens is 1. The molecule has 0 spiro atoms. The van der Waals surface area contributed by atoms with Crippen molar-refractivity contribution in [3.63, 3.8) is 0 Å². The number of anilines is 2. The number of hydrogen-bond acceptors (Lipinski definition) is 7. The molecule has 2 aromatic carbocycles. The van der Waals surface area contributed by atoms with Gasteiger partial charge < -0.3 is 15.0 Å². The number of imidazole rings is 1. The molecule has 1 saturated heterocycles. The summed E-state index contributed by atoms with van der Waals surface area (Å²) in [6.45, 7) is 5.47. The van der Waals surface area contributed by atoms with Crippen LogP contribution in [0.15, 0.2) is 48.8 Å². The molecule has 0 unspecified atom stereocenters. The number of H-pyrrole nitrogens is 1. The van der Waals surface area contributed by atoms with Gasteiger partial charge in [-0.25, -0.2) is 13.9 Å². The monoisotopic (exact) mass is 458 g/mol. The van der Waals surface area contributed by atoms with E-state index in [-0.39, 0.29) is 5.82 Å². The average Bonchev–Trinajstić information content (AvgIpc) is 3.42. The van der Waals surface area contributed by atoms with Gasteiger partial charge in [0.15, 0.2) is 5.65 Å². The minimum Gasteiger partial charge on any atom is -0.379 e. The topological polar surface area (TPSA) is 96.3 Å². The van der Waals surface area contributed by atoms with Crippen LogP contribution in [0.3, 0.4) is 0 Å². The van der Waals surface area contributed by atoms with Crippen LogP contribution in [0, 0.1) is 12.7 Å². The number of nitrogens with zero attached hydrogens (tertiary/aromatic N) is 6. The molecule has 5 aromatic rings. The zero-order chi connectivity index (χ0) is 23.1. The van der Waals surface area contributed by atoms with Crippen molar-refractivity contribution in [1.29, 1.82) is 0 Å². The highest BCUT2D eigenvalue weighted by atomic mass is 19.1. The number of hydrogen-bond donors (Lipinski definition) is 2. The van der Waals surface area contributed by atoms with E-state index in [1.54, 1.807) is 16.9 Å². The fourth-order valence-electron chi connectivity index (χ4n) is 4.24. The van der Waals surface area contributed by atoms with Crippen LogP contribution in [-0.2, 0) is 11.3 Å². The van der Waals surface area contributed by atoms with Crippen molar-refractivity contribution in [1.82, 2.24) is 34.4 Å². The maximum atomic E-state index is 15.0. The fraction of sp³-hybridized carbons (Fsp3) is 0.250. The van der Waals surface area contributed by atoms with Gasteiger partial charge in [-0.1, -0.05) is 12.1 Å². The lowest BCUT2D eigenvalue weighted by atomic mass is 10.1. The molecule has 0 bridgehead atoms. The lowest BCUT2D eigenvalue weighted by molar-refractivity contribution is 0.0337. The molecule has 34 heavy (non-hydrogen) atoms. The van der Waals surface area contributed by atoms with Crippen molar-refractivity contribution >= 4 is 28.3 Å². The number of aryl methyl sites for hydroxylation is 1. The van der Waals surface area contributed by atoms with Crippen LogP contribution in [0.25, 0.3) is 27.9 Å². The van der Waals surface area contributed by atoms with Crippen molar-refractivity contribution < 1.29 is 9.13 Å². The summed E-state index contributed by atoms with van der Waals surface area (Å²) in [6, 6.07) is 11.1. The maximum Gasteiger partial charge on any atom is 0.247 e. The van der Waals surface area contributed by atoms with Gasteiger partial charge in [-0.3, -0.25) is 9.88 Å². The van der Waals surface area contributed by atoms with Gasteiger partial charge in [-0.2, -0.15) is 4.98 Å². The number of fused-ring (bicyclic) bond motifs is 2. The third-order valence-corrected chi connectivity index (χ3v) is 5.94. The third kappa shape index (κ3) is 3.97. The molecule has 0 aliphatic carbocycles. The molecule has 6 rings (SSSR count). The molecule has 172 valence electrons.